The van der Waals surface area contributed by atoms with Crippen LogP contribution in [0.5, 0.6) is 5.75 Å². The Labute approximate surface area is 208 Å². The van der Waals surface area contributed by atoms with Gasteiger partial charge in [0.1, 0.15) is 18.9 Å². The molecular weight excluding hydrogens is 497 g/mol. The van der Waals surface area contributed by atoms with Gasteiger partial charge in [0, 0.05) is 10.0 Å². The number of sulfonamides is 1. The molecule has 0 aliphatic rings. The maximum Gasteiger partial charge on any atom is 0.264 e. The van der Waals surface area contributed by atoms with Gasteiger partial charge < -0.3 is 4.74 Å². The van der Waals surface area contributed by atoms with Crippen LogP contribution in [0.1, 0.15) is 5.56 Å². The summed E-state index contributed by atoms with van der Waals surface area (Å²) in [6, 6.07) is 19.1. The first-order valence-electron chi connectivity index (χ1n) is 9.99. The molecule has 0 bridgehead atoms. The summed E-state index contributed by atoms with van der Waals surface area (Å²) in [4.78, 5) is 12.6. The van der Waals surface area contributed by atoms with Crippen LogP contribution < -0.4 is 14.5 Å². The average Bonchev–Trinajstić information content (AvgIpc) is 2.82. The van der Waals surface area contributed by atoms with Crippen molar-refractivity contribution in [2.75, 3.05) is 17.5 Å². The van der Waals surface area contributed by atoms with Gasteiger partial charge >= 0.3 is 0 Å². The number of hydrogen-bond acceptors (Lipinski definition) is 5. The number of nitrogens with zero attached hydrogens (tertiary/aromatic N) is 2. The zero-order valence-electron chi connectivity index (χ0n) is 17.9. The lowest BCUT2D eigenvalue weighted by Gasteiger charge is -2.24. The number of nitrogens with one attached hydrogen (secondary N) is 1. The van der Waals surface area contributed by atoms with Crippen LogP contribution in [-0.2, 0) is 14.8 Å². The Morgan fingerprint density at radius 3 is 2.29 bits per heavy atom. The highest BCUT2D eigenvalue weighted by atomic mass is 35.5. The summed E-state index contributed by atoms with van der Waals surface area (Å²) in [6.45, 7) is 3.44. The highest BCUT2D eigenvalue weighted by molar-refractivity contribution is 7.92. The largest absolute Gasteiger partial charge is 0.490 e. The third-order valence-electron chi connectivity index (χ3n) is 4.40. The first-order valence-corrected chi connectivity index (χ1v) is 12.2. The van der Waals surface area contributed by atoms with Crippen molar-refractivity contribution >= 4 is 51.0 Å². The minimum atomic E-state index is -4.09. The van der Waals surface area contributed by atoms with Crippen molar-refractivity contribution in [3.05, 3.63) is 101 Å². The summed E-state index contributed by atoms with van der Waals surface area (Å²) >= 11 is 12.1. The van der Waals surface area contributed by atoms with E-state index in [9.17, 15) is 13.2 Å². The molecule has 1 amide bonds. The topological polar surface area (TPSA) is 88.1 Å². The van der Waals surface area contributed by atoms with Crippen LogP contribution in [0.4, 0.5) is 5.69 Å². The predicted molar refractivity (Wildman–Crippen MR) is 135 cm³/mol. The molecule has 3 aromatic carbocycles. The number of rotatable bonds is 10. The monoisotopic (exact) mass is 517 g/mol. The Kier molecular flexibility index (Phi) is 8.70. The van der Waals surface area contributed by atoms with Crippen LogP contribution in [0.15, 0.2) is 95.4 Å². The van der Waals surface area contributed by atoms with Gasteiger partial charge in [0.25, 0.3) is 15.9 Å². The van der Waals surface area contributed by atoms with Gasteiger partial charge in [-0.05, 0) is 60.2 Å². The first-order chi connectivity index (χ1) is 16.3. The summed E-state index contributed by atoms with van der Waals surface area (Å²) in [5, 5.41) is 4.38. The van der Waals surface area contributed by atoms with Crippen molar-refractivity contribution < 1.29 is 17.9 Å². The van der Waals surface area contributed by atoms with Gasteiger partial charge in [-0.25, -0.2) is 13.8 Å². The summed E-state index contributed by atoms with van der Waals surface area (Å²) in [5.74, 6) is 0.0146. The van der Waals surface area contributed by atoms with Gasteiger partial charge in [0.05, 0.1) is 16.8 Å². The molecule has 0 atom stereocenters. The summed E-state index contributed by atoms with van der Waals surface area (Å²) in [5.41, 5.74) is 3.21. The van der Waals surface area contributed by atoms with E-state index in [2.05, 4.69) is 17.1 Å². The summed E-state index contributed by atoms with van der Waals surface area (Å²) in [6.07, 6.45) is 3.07. The molecule has 176 valence electrons. The highest BCUT2D eigenvalue weighted by Crippen LogP contribution is 2.29. The van der Waals surface area contributed by atoms with E-state index in [1.54, 1.807) is 48.5 Å². The minimum absolute atomic E-state index is 0.0150. The maximum atomic E-state index is 13.3. The second-order valence-electron chi connectivity index (χ2n) is 6.91. The predicted octanol–water partition coefficient (Wildman–Crippen LogP) is 4.90. The molecule has 7 nitrogen and oxygen atoms in total. The van der Waals surface area contributed by atoms with Gasteiger partial charge in [-0.15, -0.1) is 0 Å². The Bertz CT molecular complexity index is 1260. The third-order valence-corrected chi connectivity index (χ3v) is 6.63. The Balaban J connectivity index is 1.77. The molecule has 0 spiro atoms. The summed E-state index contributed by atoms with van der Waals surface area (Å²) in [7, 11) is -4.09. The van der Waals surface area contributed by atoms with Gasteiger partial charge in [0.15, 0.2) is 0 Å². The number of hydrazone groups is 1. The van der Waals surface area contributed by atoms with Crippen molar-refractivity contribution in [3.8, 4) is 5.75 Å². The number of amides is 1. The first kappa shape index (κ1) is 25.3. The number of halogens is 2. The molecule has 0 aliphatic heterocycles. The Morgan fingerprint density at radius 2 is 1.68 bits per heavy atom. The van der Waals surface area contributed by atoms with Gasteiger partial charge in [0.2, 0.25) is 0 Å². The van der Waals surface area contributed by atoms with Gasteiger partial charge in [-0.1, -0.05) is 54.1 Å². The van der Waals surface area contributed by atoms with Crippen molar-refractivity contribution in [2.45, 2.75) is 4.90 Å². The van der Waals surface area contributed by atoms with Crippen LogP contribution in [0, 0.1) is 0 Å². The maximum absolute atomic E-state index is 13.3. The third kappa shape index (κ3) is 6.84. The van der Waals surface area contributed by atoms with Crippen LogP contribution >= 0.6 is 23.2 Å². The Hall–Kier alpha value is -3.33. The van der Waals surface area contributed by atoms with Crippen LogP contribution in [0.2, 0.25) is 10.0 Å². The smallest absolute Gasteiger partial charge is 0.264 e. The standard InChI is InChI=1S/C24H21Cl2N3O4S/c1-2-12-33-22-10-8-18(9-11-22)16-27-28-24(30)17-29(21-14-19(25)13-20(26)15-21)34(31,32)23-6-4-3-5-7-23/h2-11,13-16H,1,12,17H2,(H,28,30)/b27-16+. The average molecular weight is 518 g/mol. The van der Waals surface area contributed by atoms with E-state index in [0.717, 1.165) is 4.31 Å². The van der Waals surface area contributed by atoms with E-state index < -0.39 is 22.5 Å². The van der Waals surface area contributed by atoms with Crippen molar-refractivity contribution in [1.82, 2.24) is 5.43 Å². The van der Waals surface area contributed by atoms with Crippen molar-refractivity contribution in [3.63, 3.8) is 0 Å². The molecule has 3 aromatic rings. The Morgan fingerprint density at radius 1 is 1.03 bits per heavy atom. The fraction of sp³-hybridized carbons (Fsp3) is 0.0833. The van der Waals surface area contributed by atoms with Crippen molar-refractivity contribution in [2.24, 2.45) is 5.10 Å². The normalized spacial score (nSPS) is 11.2. The molecule has 0 radical (unpaired) electrons. The van der Waals surface area contributed by atoms with Crippen LogP contribution in [0.25, 0.3) is 0 Å². The molecule has 0 saturated heterocycles. The van der Waals surface area contributed by atoms with Crippen molar-refractivity contribution in [1.29, 1.82) is 0 Å². The molecular formula is C24H21Cl2N3O4S. The van der Waals surface area contributed by atoms with E-state index in [0.29, 0.717) is 17.9 Å². The molecule has 0 aliphatic carbocycles. The second-order valence-corrected chi connectivity index (χ2v) is 9.65. The number of carbonyl (C=O) groups is 1. The lowest BCUT2D eigenvalue weighted by Crippen LogP contribution is -2.39. The van der Waals surface area contributed by atoms with E-state index >= 15 is 0 Å². The van der Waals surface area contributed by atoms with Gasteiger partial charge in [-0.2, -0.15) is 5.10 Å². The van der Waals surface area contributed by atoms with Crippen LogP contribution in [0.3, 0.4) is 0 Å². The van der Waals surface area contributed by atoms with Gasteiger partial charge in [-0.3, -0.25) is 9.10 Å². The molecule has 0 fully saturated rings. The molecule has 0 heterocycles. The molecule has 3 rings (SSSR count). The zero-order chi connectivity index (χ0) is 24.6. The van der Waals surface area contributed by atoms with E-state index in [1.165, 1.54) is 36.5 Å². The molecule has 0 saturated carbocycles. The lowest BCUT2D eigenvalue weighted by molar-refractivity contribution is -0.119. The molecule has 0 unspecified atom stereocenters. The molecule has 0 aromatic heterocycles. The number of ether oxygens (including phenoxy) is 1. The number of anilines is 1. The van der Waals surface area contributed by atoms with E-state index in [4.69, 9.17) is 27.9 Å². The molecule has 10 heteroatoms. The molecule has 1 N–H and O–H groups in total. The fourth-order valence-electron chi connectivity index (χ4n) is 2.87. The van der Waals surface area contributed by atoms with Crippen LogP contribution in [-0.4, -0.2) is 33.7 Å². The lowest BCUT2D eigenvalue weighted by atomic mass is 10.2. The number of carbonyl (C=O) groups excluding carboxylic acids is 1. The molecule has 34 heavy (non-hydrogen) atoms. The highest BCUT2D eigenvalue weighted by Gasteiger charge is 2.27. The summed E-state index contributed by atoms with van der Waals surface area (Å²) < 4.78 is 32.9. The quantitative estimate of drug-likeness (QED) is 0.235. The van der Waals surface area contributed by atoms with E-state index in [1.807, 2.05) is 0 Å². The number of hydrogen-bond donors (Lipinski definition) is 1. The zero-order valence-corrected chi connectivity index (χ0v) is 20.2. The second kappa shape index (κ2) is 11.7. The minimum Gasteiger partial charge on any atom is -0.490 e. The number of benzene rings is 3. The fourth-order valence-corrected chi connectivity index (χ4v) is 4.81. The van der Waals surface area contributed by atoms with E-state index in [-0.39, 0.29) is 20.6 Å². The SMILES string of the molecule is C=CCOc1ccc(/C=N/NC(=O)CN(c2cc(Cl)cc(Cl)c2)S(=O)(=O)c2ccccc2)cc1.